The van der Waals surface area contributed by atoms with Gasteiger partial charge in [0, 0.05) is 42.0 Å². The van der Waals surface area contributed by atoms with Gasteiger partial charge >= 0.3 is 5.97 Å². The highest BCUT2D eigenvalue weighted by Crippen LogP contribution is 2.35. The molecule has 0 aliphatic heterocycles. The van der Waals surface area contributed by atoms with Crippen molar-refractivity contribution in [1.82, 2.24) is 15.0 Å². The number of ether oxygens (including phenoxy) is 1. The summed E-state index contributed by atoms with van der Waals surface area (Å²) in [5.41, 5.74) is 1.14. The quantitative estimate of drug-likeness (QED) is 0.285. The monoisotopic (exact) mass is 427 g/mol. The number of carbonyl (C=O) groups excluding carboxylic acids is 1. The molecule has 2 heterocycles. The highest BCUT2D eigenvalue weighted by Gasteiger charge is 2.37. The van der Waals surface area contributed by atoms with E-state index in [0.29, 0.717) is 17.2 Å². The molecule has 1 aliphatic rings. The molecule has 1 saturated carbocycles. The summed E-state index contributed by atoms with van der Waals surface area (Å²) in [7, 11) is 0. The first-order valence-corrected chi connectivity index (χ1v) is 10.4. The molecule has 0 bridgehead atoms. The van der Waals surface area contributed by atoms with Crippen molar-refractivity contribution in [3.05, 3.63) is 29.6 Å². The van der Waals surface area contributed by atoms with Crippen LogP contribution >= 0.6 is 0 Å². The number of anilines is 4. The number of pyridine rings is 1. The van der Waals surface area contributed by atoms with Gasteiger partial charge in [0.1, 0.15) is 17.2 Å². The van der Waals surface area contributed by atoms with Crippen LogP contribution in [0.3, 0.4) is 0 Å². The summed E-state index contributed by atoms with van der Waals surface area (Å²) < 4.78 is 5.12. The lowest BCUT2D eigenvalue weighted by Gasteiger charge is -2.41. The SMILES string of the molecule is CCOC(=O)c1cnc(Nc2cc(NC(C)C)c(C=N)cn2)nc1NC1(CO)CCC1. The van der Waals surface area contributed by atoms with Crippen LogP contribution in [0, 0.1) is 5.41 Å². The molecular formula is C21H29N7O3. The Balaban J connectivity index is 1.90. The number of hydrogen-bond donors (Lipinski definition) is 5. The summed E-state index contributed by atoms with van der Waals surface area (Å²) in [6.45, 7) is 5.92. The van der Waals surface area contributed by atoms with E-state index in [1.54, 1.807) is 19.2 Å². The van der Waals surface area contributed by atoms with Gasteiger partial charge in [0.2, 0.25) is 5.95 Å². The van der Waals surface area contributed by atoms with Crippen molar-refractivity contribution in [3.63, 3.8) is 0 Å². The van der Waals surface area contributed by atoms with E-state index in [1.165, 1.54) is 12.4 Å². The van der Waals surface area contributed by atoms with Crippen molar-refractivity contribution in [3.8, 4) is 0 Å². The van der Waals surface area contributed by atoms with Gasteiger partial charge < -0.3 is 31.2 Å². The molecule has 166 valence electrons. The lowest BCUT2D eigenvalue weighted by Crippen LogP contribution is -2.48. The molecule has 3 rings (SSSR count). The molecule has 31 heavy (non-hydrogen) atoms. The van der Waals surface area contributed by atoms with E-state index in [2.05, 4.69) is 30.9 Å². The van der Waals surface area contributed by atoms with Crippen LogP contribution in [-0.4, -0.2) is 57.0 Å². The number of nitrogens with zero attached hydrogens (tertiary/aromatic N) is 3. The average Bonchev–Trinajstić information content (AvgIpc) is 2.71. The molecule has 0 spiro atoms. The van der Waals surface area contributed by atoms with E-state index in [9.17, 15) is 9.90 Å². The zero-order chi connectivity index (χ0) is 22.4. The number of nitrogens with one attached hydrogen (secondary N) is 4. The lowest BCUT2D eigenvalue weighted by atomic mass is 9.77. The van der Waals surface area contributed by atoms with Gasteiger partial charge in [0.15, 0.2) is 0 Å². The van der Waals surface area contributed by atoms with Gasteiger partial charge in [-0.25, -0.2) is 14.8 Å². The summed E-state index contributed by atoms with van der Waals surface area (Å²) in [4.78, 5) is 25.4. The molecular weight excluding hydrogens is 398 g/mol. The number of aliphatic hydroxyl groups excluding tert-OH is 1. The number of aromatic nitrogens is 3. The molecule has 5 N–H and O–H groups in total. The Morgan fingerprint density at radius 1 is 1.35 bits per heavy atom. The molecule has 1 aliphatic carbocycles. The van der Waals surface area contributed by atoms with Crippen molar-refractivity contribution in [2.75, 3.05) is 29.2 Å². The summed E-state index contributed by atoms with van der Waals surface area (Å²) in [6.07, 6.45) is 6.79. The zero-order valence-corrected chi connectivity index (χ0v) is 18.0. The van der Waals surface area contributed by atoms with E-state index >= 15 is 0 Å². The minimum Gasteiger partial charge on any atom is -0.462 e. The third-order valence-electron chi connectivity index (χ3n) is 5.06. The molecule has 0 saturated heterocycles. The Kier molecular flexibility index (Phi) is 7.01. The number of aliphatic hydroxyl groups is 1. The Morgan fingerprint density at radius 2 is 2.13 bits per heavy atom. The normalized spacial score (nSPS) is 14.5. The maximum Gasteiger partial charge on any atom is 0.343 e. The van der Waals surface area contributed by atoms with Gasteiger partial charge in [0.25, 0.3) is 0 Å². The van der Waals surface area contributed by atoms with Gasteiger partial charge in [-0.05, 0) is 40.0 Å². The molecule has 0 aromatic carbocycles. The third kappa shape index (κ3) is 5.26. The van der Waals surface area contributed by atoms with Gasteiger partial charge in [-0.15, -0.1) is 0 Å². The predicted molar refractivity (Wildman–Crippen MR) is 119 cm³/mol. The van der Waals surface area contributed by atoms with Crippen LogP contribution in [-0.2, 0) is 4.74 Å². The largest absolute Gasteiger partial charge is 0.462 e. The first-order valence-electron chi connectivity index (χ1n) is 10.4. The Morgan fingerprint density at radius 3 is 2.71 bits per heavy atom. The second kappa shape index (κ2) is 9.69. The fourth-order valence-corrected chi connectivity index (χ4v) is 3.27. The van der Waals surface area contributed by atoms with Gasteiger partial charge in [-0.2, -0.15) is 4.98 Å². The predicted octanol–water partition coefficient (Wildman–Crippen LogP) is 2.94. The van der Waals surface area contributed by atoms with Crippen molar-refractivity contribution in [2.45, 2.75) is 51.6 Å². The fourth-order valence-electron chi connectivity index (χ4n) is 3.27. The first-order chi connectivity index (χ1) is 14.9. The molecule has 0 amide bonds. The minimum absolute atomic E-state index is 0.0566. The van der Waals surface area contributed by atoms with Crippen molar-refractivity contribution in [2.24, 2.45) is 0 Å². The van der Waals surface area contributed by atoms with Gasteiger partial charge in [-0.1, -0.05) is 0 Å². The summed E-state index contributed by atoms with van der Waals surface area (Å²) in [6, 6.07) is 1.96. The number of hydrogen-bond acceptors (Lipinski definition) is 10. The molecule has 10 heteroatoms. The fraction of sp³-hybridized carbons (Fsp3) is 0.476. The number of rotatable bonds is 10. The maximum absolute atomic E-state index is 12.4. The van der Waals surface area contributed by atoms with E-state index in [-0.39, 0.29) is 30.8 Å². The van der Waals surface area contributed by atoms with Crippen LogP contribution in [0.2, 0.25) is 0 Å². The van der Waals surface area contributed by atoms with Crippen LogP contribution in [0.5, 0.6) is 0 Å². The van der Waals surface area contributed by atoms with E-state index < -0.39 is 11.5 Å². The molecule has 2 aromatic rings. The van der Waals surface area contributed by atoms with Crippen molar-refractivity contribution < 1.29 is 14.6 Å². The standard InChI is InChI=1S/C21H29N7O3/c1-4-31-19(30)15-11-24-20(27-18(15)28-21(12-29)6-5-7-21)26-17-8-16(25-13(2)3)14(9-22)10-23-17/h8-11,13,22,29H,4-7,12H2,1-3H3,(H3,23,24,25,26,27,28). The van der Waals surface area contributed by atoms with Crippen LogP contribution in [0.25, 0.3) is 0 Å². The molecule has 0 radical (unpaired) electrons. The molecule has 2 aromatic heterocycles. The van der Waals surface area contributed by atoms with Crippen LogP contribution < -0.4 is 16.0 Å². The number of carbonyl (C=O) groups is 1. The highest BCUT2D eigenvalue weighted by molar-refractivity contribution is 5.94. The summed E-state index contributed by atoms with van der Waals surface area (Å²) in [5, 5.41) is 26.9. The molecule has 0 atom stereocenters. The maximum atomic E-state index is 12.4. The Hall–Kier alpha value is -3.27. The van der Waals surface area contributed by atoms with E-state index in [4.69, 9.17) is 10.1 Å². The minimum atomic E-state index is -0.527. The highest BCUT2D eigenvalue weighted by atomic mass is 16.5. The summed E-state index contributed by atoms with van der Waals surface area (Å²) in [5.74, 6) is 0.514. The second-order valence-corrected chi connectivity index (χ2v) is 7.82. The van der Waals surface area contributed by atoms with Crippen LogP contribution in [0.15, 0.2) is 18.5 Å². The Labute approximate surface area is 181 Å². The first kappa shape index (κ1) is 22.4. The van der Waals surface area contributed by atoms with E-state index in [0.717, 1.165) is 24.9 Å². The van der Waals surface area contributed by atoms with E-state index in [1.807, 2.05) is 13.8 Å². The Bertz CT molecular complexity index is 939. The van der Waals surface area contributed by atoms with Crippen LogP contribution in [0.1, 0.15) is 56.0 Å². The third-order valence-corrected chi connectivity index (χ3v) is 5.06. The van der Waals surface area contributed by atoms with Gasteiger partial charge in [-0.3, -0.25) is 0 Å². The topological polar surface area (TPSA) is 145 Å². The van der Waals surface area contributed by atoms with Crippen molar-refractivity contribution >= 4 is 35.5 Å². The zero-order valence-electron chi connectivity index (χ0n) is 18.0. The number of esters is 1. The molecule has 0 unspecified atom stereocenters. The van der Waals surface area contributed by atoms with Crippen molar-refractivity contribution in [1.29, 1.82) is 5.41 Å². The average molecular weight is 428 g/mol. The second-order valence-electron chi connectivity index (χ2n) is 7.82. The molecule has 1 fully saturated rings. The van der Waals surface area contributed by atoms with Gasteiger partial charge in [0.05, 0.1) is 18.8 Å². The van der Waals surface area contributed by atoms with Crippen LogP contribution in [0.4, 0.5) is 23.3 Å². The molecule has 10 nitrogen and oxygen atoms in total. The lowest BCUT2D eigenvalue weighted by molar-refractivity contribution is 0.0526. The summed E-state index contributed by atoms with van der Waals surface area (Å²) >= 11 is 0. The smallest absolute Gasteiger partial charge is 0.343 e.